The number of carbonyl (C=O) groups is 1. The highest BCUT2D eigenvalue weighted by Gasteiger charge is 2.15. The number of hydrogen-bond acceptors (Lipinski definition) is 4. The number of nitrogens with one attached hydrogen (secondary N) is 1. The van der Waals surface area contributed by atoms with Crippen molar-refractivity contribution in [2.24, 2.45) is 0 Å². The molecule has 0 aliphatic rings. The number of rotatable bonds is 8. The second-order valence-corrected chi connectivity index (χ2v) is 6.25. The van der Waals surface area contributed by atoms with Gasteiger partial charge in [0.2, 0.25) is 0 Å². The number of carboxylic acids is 1. The van der Waals surface area contributed by atoms with Crippen molar-refractivity contribution < 1.29 is 23.8 Å². The summed E-state index contributed by atoms with van der Waals surface area (Å²) in [7, 11) is 1.55. The lowest BCUT2D eigenvalue weighted by Gasteiger charge is -2.11. The van der Waals surface area contributed by atoms with Gasteiger partial charge in [-0.2, -0.15) is 0 Å². The molecule has 6 nitrogen and oxygen atoms in total. The van der Waals surface area contributed by atoms with Gasteiger partial charge in [0.1, 0.15) is 17.3 Å². The van der Waals surface area contributed by atoms with E-state index in [0.29, 0.717) is 35.5 Å². The van der Waals surface area contributed by atoms with E-state index in [4.69, 9.17) is 14.6 Å². The van der Waals surface area contributed by atoms with Gasteiger partial charge in [-0.1, -0.05) is 12.1 Å². The van der Waals surface area contributed by atoms with Gasteiger partial charge >= 0.3 is 5.97 Å². The summed E-state index contributed by atoms with van der Waals surface area (Å²) >= 11 is 0. The van der Waals surface area contributed by atoms with Gasteiger partial charge < -0.3 is 19.6 Å². The zero-order chi connectivity index (χ0) is 20.1. The van der Waals surface area contributed by atoms with Gasteiger partial charge in [-0.15, -0.1) is 0 Å². The van der Waals surface area contributed by atoms with Crippen LogP contribution in [0, 0.1) is 5.82 Å². The molecular weight excluding hydrogens is 365 g/mol. The number of carboxylic acid groups (broad SMARTS) is 1. The van der Waals surface area contributed by atoms with Crippen LogP contribution >= 0.6 is 0 Å². The van der Waals surface area contributed by atoms with Crippen molar-refractivity contribution in [3.8, 4) is 22.6 Å². The second kappa shape index (κ2) is 8.56. The number of aromatic amines is 1. The van der Waals surface area contributed by atoms with Crippen molar-refractivity contribution >= 4 is 16.9 Å². The highest BCUT2D eigenvalue weighted by Crippen LogP contribution is 2.27. The molecule has 0 bridgehead atoms. The number of unbranched alkanes of at least 4 members (excludes halogenated alkanes) is 1. The minimum absolute atomic E-state index is 0.0651. The SMILES string of the molecule is COc1ccc(-c2c[nH]c3c(OCCCCC(=O)O)ccc(F)c3c2=O)cc1. The number of aromatic nitrogens is 1. The standard InChI is InChI=1S/C21H20FNO5/c1-27-14-7-5-13(6-8-14)15-12-23-20-17(28-11-3-2-4-18(24)25)10-9-16(22)19(20)21(15)26/h5-10,12H,2-4,11H2,1H3,(H,23,26)(H,24,25). The Labute approximate surface area is 160 Å². The van der Waals surface area contributed by atoms with Crippen molar-refractivity contribution in [2.75, 3.05) is 13.7 Å². The van der Waals surface area contributed by atoms with Gasteiger partial charge in [0, 0.05) is 18.2 Å². The molecule has 0 saturated heterocycles. The van der Waals surface area contributed by atoms with Crippen LogP contribution in [0.1, 0.15) is 19.3 Å². The number of hydrogen-bond donors (Lipinski definition) is 2. The average molecular weight is 385 g/mol. The van der Waals surface area contributed by atoms with Crippen molar-refractivity contribution in [3.05, 3.63) is 58.6 Å². The highest BCUT2D eigenvalue weighted by molar-refractivity contribution is 5.88. The van der Waals surface area contributed by atoms with Crippen LogP contribution in [0.4, 0.5) is 4.39 Å². The molecule has 28 heavy (non-hydrogen) atoms. The molecule has 3 aromatic rings. The van der Waals surface area contributed by atoms with Crippen molar-refractivity contribution in [3.63, 3.8) is 0 Å². The Morgan fingerprint density at radius 1 is 1.14 bits per heavy atom. The molecule has 0 fully saturated rings. The molecule has 0 amide bonds. The van der Waals surface area contributed by atoms with Gasteiger partial charge in [0.15, 0.2) is 5.43 Å². The molecule has 3 rings (SSSR count). The Balaban J connectivity index is 1.90. The van der Waals surface area contributed by atoms with Gasteiger partial charge in [0.05, 0.1) is 24.6 Å². The number of aliphatic carboxylic acids is 1. The lowest BCUT2D eigenvalue weighted by molar-refractivity contribution is -0.137. The average Bonchev–Trinajstić information content (AvgIpc) is 2.69. The zero-order valence-corrected chi connectivity index (χ0v) is 15.3. The maximum absolute atomic E-state index is 14.4. The van der Waals surface area contributed by atoms with Gasteiger partial charge in [0.25, 0.3) is 0 Å². The fourth-order valence-corrected chi connectivity index (χ4v) is 2.93. The predicted molar refractivity (Wildman–Crippen MR) is 103 cm³/mol. The summed E-state index contributed by atoms with van der Waals surface area (Å²) in [5.74, 6) is -0.483. The van der Waals surface area contributed by atoms with E-state index in [2.05, 4.69) is 4.98 Å². The Hall–Kier alpha value is -3.35. The summed E-state index contributed by atoms with van der Waals surface area (Å²) in [5.41, 5.74) is 0.823. The largest absolute Gasteiger partial charge is 0.497 e. The normalized spacial score (nSPS) is 10.8. The van der Waals surface area contributed by atoms with Crippen LogP contribution in [0.25, 0.3) is 22.0 Å². The number of benzene rings is 2. The van der Waals surface area contributed by atoms with Gasteiger partial charge in [-0.3, -0.25) is 9.59 Å². The fourth-order valence-electron chi connectivity index (χ4n) is 2.93. The number of halogens is 1. The van der Waals surface area contributed by atoms with Crippen LogP contribution in [0.15, 0.2) is 47.4 Å². The zero-order valence-electron chi connectivity index (χ0n) is 15.3. The van der Waals surface area contributed by atoms with Crippen molar-refractivity contribution in [1.82, 2.24) is 4.98 Å². The fraction of sp³-hybridized carbons (Fsp3) is 0.238. The van der Waals surface area contributed by atoms with Crippen LogP contribution < -0.4 is 14.9 Å². The second-order valence-electron chi connectivity index (χ2n) is 6.25. The van der Waals surface area contributed by atoms with Crippen LogP contribution in [-0.2, 0) is 4.79 Å². The number of fused-ring (bicyclic) bond motifs is 1. The van der Waals surface area contributed by atoms with E-state index in [1.165, 1.54) is 18.3 Å². The minimum atomic E-state index is -0.859. The molecule has 0 unspecified atom stereocenters. The molecular formula is C21H20FNO5. The van der Waals surface area contributed by atoms with E-state index < -0.39 is 17.2 Å². The number of methoxy groups -OCH3 is 1. The van der Waals surface area contributed by atoms with E-state index in [0.717, 1.165) is 0 Å². The molecule has 0 atom stereocenters. The smallest absolute Gasteiger partial charge is 0.303 e. The Kier molecular flexibility index (Phi) is 5.93. The first-order valence-electron chi connectivity index (χ1n) is 8.84. The molecule has 0 saturated carbocycles. The summed E-state index contributed by atoms with van der Waals surface area (Å²) in [6.07, 6.45) is 2.62. The molecule has 2 aromatic carbocycles. The molecule has 0 spiro atoms. The lowest BCUT2D eigenvalue weighted by atomic mass is 10.0. The predicted octanol–water partition coefficient (Wildman–Crippen LogP) is 3.98. The first-order valence-corrected chi connectivity index (χ1v) is 8.84. The van der Waals surface area contributed by atoms with E-state index in [1.807, 2.05) is 0 Å². The molecule has 1 heterocycles. The van der Waals surface area contributed by atoms with Crippen LogP contribution in [0.5, 0.6) is 11.5 Å². The third-order valence-electron chi connectivity index (χ3n) is 4.39. The summed E-state index contributed by atoms with van der Waals surface area (Å²) < 4.78 is 25.2. The lowest BCUT2D eigenvalue weighted by Crippen LogP contribution is -2.10. The molecule has 1 aromatic heterocycles. The quantitative estimate of drug-likeness (QED) is 0.573. The van der Waals surface area contributed by atoms with Crippen LogP contribution in [0.3, 0.4) is 0 Å². The van der Waals surface area contributed by atoms with Gasteiger partial charge in [-0.25, -0.2) is 4.39 Å². The Morgan fingerprint density at radius 3 is 2.57 bits per heavy atom. The van der Waals surface area contributed by atoms with Crippen LogP contribution in [-0.4, -0.2) is 29.8 Å². The highest BCUT2D eigenvalue weighted by atomic mass is 19.1. The van der Waals surface area contributed by atoms with E-state index in [-0.39, 0.29) is 23.9 Å². The summed E-state index contributed by atoms with van der Waals surface area (Å²) in [5, 5.41) is 8.58. The van der Waals surface area contributed by atoms with Crippen LogP contribution in [0.2, 0.25) is 0 Å². The van der Waals surface area contributed by atoms with Crippen molar-refractivity contribution in [1.29, 1.82) is 0 Å². The molecule has 0 aliphatic carbocycles. The maximum atomic E-state index is 14.4. The number of ether oxygens (including phenoxy) is 2. The topological polar surface area (TPSA) is 88.6 Å². The number of pyridine rings is 1. The van der Waals surface area contributed by atoms with Crippen molar-refractivity contribution in [2.45, 2.75) is 19.3 Å². The number of H-pyrrole nitrogens is 1. The molecule has 7 heteroatoms. The molecule has 0 aliphatic heterocycles. The first-order chi connectivity index (χ1) is 13.5. The van der Waals surface area contributed by atoms with E-state index in [9.17, 15) is 14.0 Å². The summed E-state index contributed by atoms with van der Waals surface area (Å²) in [6, 6.07) is 9.57. The minimum Gasteiger partial charge on any atom is -0.497 e. The van der Waals surface area contributed by atoms with E-state index >= 15 is 0 Å². The third-order valence-corrected chi connectivity index (χ3v) is 4.39. The Morgan fingerprint density at radius 2 is 1.89 bits per heavy atom. The van der Waals surface area contributed by atoms with Gasteiger partial charge in [-0.05, 0) is 42.7 Å². The maximum Gasteiger partial charge on any atom is 0.303 e. The first kappa shape index (κ1) is 19.4. The molecule has 0 radical (unpaired) electrons. The monoisotopic (exact) mass is 385 g/mol. The summed E-state index contributed by atoms with van der Waals surface area (Å²) in [6.45, 7) is 0.274. The molecule has 2 N–H and O–H groups in total. The molecule has 146 valence electrons. The summed E-state index contributed by atoms with van der Waals surface area (Å²) in [4.78, 5) is 26.4. The third kappa shape index (κ3) is 4.14. The van der Waals surface area contributed by atoms with E-state index in [1.54, 1.807) is 31.4 Å². The Bertz CT molecular complexity index is 1040.